The predicted molar refractivity (Wildman–Crippen MR) is 55.3 cm³/mol. The first-order valence-corrected chi connectivity index (χ1v) is 4.24. The maximum Gasteiger partial charge on any atom is 0.0330 e. The summed E-state index contributed by atoms with van der Waals surface area (Å²) in [4.78, 5) is 0. The number of benzene rings is 2. The summed E-state index contributed by atoms with van der Waals surface area (Å²) in [5.74, 6) is 5.86. The van der Waals surface area contributed by atoms with Crippen LogP contribution in [0.5, 0.6) is 0 Å². The van der Waals surface area contributed by atoms with E-state index in [1.165, 1.54) is 5.39 Å². The Morgan fingerprint density at radius 1 is 1.08 bits per heavy atom. The van der Waals surface area contributed by atoms with Crippen LogP contribution in [0.1, 0.15) is 12.5 Å². The summed E-state index contributed by atoms with van der Waals surface area (Å²) in [5, 5.41) is 2.34. The van der Waals surface area contributed by atoms with Crippen LogP contribution in [-0.2, 0) is 0 Å². The second kappa shape index (κ2) is 3.33. The van der Waals surface area contributed by atoms with E-state index in [0.29, 0.717) is 0 Å². The van der Waals surface area contributed by atoms with E-state index in [1.54, 1.807) is 0 Å². The summed E-state index contributed by atoms with van der Waals surface area (Å²) in [6, 6.07) is 15.5. The molecule has 0 aliphatic rings. The van der Waals surface area contributed by atoms with E-state index in [-0.39, 0.29) is 0 Å². The van der Waals surface area contributed by atoms with Crippen molar-refractivity contribution < 1.29 is 0 Å². The Labute approximate surface area is 78.2 Å². The zero-order valence-electron chi connectivity index (χ0n) is 7.46. The molecule has 0 atom stereocenters. The Morgan fingerprint density at radius 2 is 1.92 bits per heavy atom. The van der Waals surface area contributed by atoms with Crippen molar-refractivity contribution in [3.8, 4) is 11.8 Å². The average molecular weight is 165 g/mol. The highest BCUT2D eigenvalue weighted by molar-refractivity contribution is 5.83. The fourth-order valence-corrected chi connectivity index (χ4v) is 1.32. The molecular weight excluding hydrogens is 156 g/mol. The first kappa shape index (κ1) is 7.89. The fourth-order valence-electron chi connectivity index (χ4n) is 1.32. The lowest BCUT2D eigenvalue weighted by Crippen LogP contribution is -1.76. The van der Waals surface area contributed by atoms with Crippen LogP contribution < -0.4 is 0 Å². The van der Waals surface area contributed by atoms with Gasteiger partial charge in [-0.3, -0.25) is 0 Å². The van der Waals surface area contributed by atoms with E-state index in [0.717, 1.165) is 10.9 Å². The van der Waals surface area contributed by atoms with Crippen LogP contribution in [0.25, 0.3) is 10.8 Å². The zero-order chi connectivity index (χ0) is 9.10. The van der Waals surface area contributed by atoms with Crippen LogP contribution in [0.3, 0.4) is 0 Å². The lowest BCUT2D eigenvalue weighted by Gasteiger charge is -1.95. The van der Waals surface area contributed by atoms with Crippen LogP contribution in [0.2, 0.25) is 0 Å². The van der Waals surface area contributed by atoms with Crippen LogP contribution in [0, 0.1) is 17.9 Å². The largest absolute Gasteiger partial charge is 0.101 e. The highest BCUT2D eigenvalue weighted by atomic mass is 14.0. The molecule has 0 saturated carbocycles. The highest BCUT2D eigenvalue weighted by Gasteiger charge is 1.92. The number of hydrogen-bond donors (Lipinski definition) is 0. The summed E-state index contributed by atoms with van der Waals surface area (Å²) >= 11 is 0. The Kier molecular flexibility index (Phi) is 2.02. The van der Waals surface area contributed by atoms with Crippen LogP contribution in [-0.4, -0.2) is 0 Å². The van der Waals surface area contributed by atoms with Gasteiger partial charge in [-0.05, 0) is 23.8 Å². The quantitative estimate of drug-likeness (QED) is 0.526. The number of hydrogen-bond acceptors (Lipinski definition) is 0. The van der Waals surface area contributed by atoms with E-state index in [2.05, 4.69) is 36.1 Å². The molecule has 0 nitrogen and oxygen atoms in total. The van der Waals surface area contributed by atoms with Gasteiger partial charge in [-0.25, -0.2) is 0 Å². The average Bonchev–Trinajstić information content (AvgIpc) is 2.18. The van der Waals surface area contributed by atoms with Gasteiger partial charge in [0, 0.05) is 11.6 Å². The van der Waals surface area contributed by atoms with Gasteiger partial charge < -0.3 is 0 Å². The SMILES string of the molecule is CC#Cc1[c]c2ccccc2cc1. The molecule has 0 saturated heterocycles. The lowest BCUT2D eigenvalue weighted by atomic mass is 10.1. The molecule has 2 aromatic carbocycles. The van der Waals surface area contributed by atoms with Crippen molar-refractivity contribution in [3.05, 3.63) is 48.0 Å². The van der Waals surface area contributed by atoms with Gasteiger partial charge in [-0.1, -0.05) is 36.3 Å². The topological polar surface area (TPSA) is 0 Å². The molecule has 0 bridgehead atoms. The Bertz CT molecular complexity index is 484. The first-order valence-electron chi connectivity index (χ1n) is 4.24. The van der Waals surface area contributed by atoms with E-state index in [1.807, 2.05) is 25.1 Å². The molecule has 0 aromatic heterocycles. The van der Waals surface area contributed by atoms with Crippen molar-refractivity contribution in [3.63, 3.8) is 0 Å². The van der Waals surface area contributed by atoms with Gasteiger partial charge in [-0.15, -0.1) is 5.92 Å². The van der Waals surface area contributed by atoms with Crippen LogP contribution in [0.15, 0.2) is 36.4 Å². The second-order valence-electron chi connectivity index (χ2n) is 2.83. The van der Waals surface area contributed by atoms with Gasteiger partial charge >= 0.3 is 0 Å². The smallest absolute Gasteiger partial charge is 0.0330 e. The van der Waals surface area contributed by atoms with Crippen molar-refractivity contribution in [1.29, 1.82) is 0 Å². The van der Waals surface area contributed by atoms with Crippen LogP contribution in [0.4, 0.5) is 0 Å². The molecule has 0 aliphatic carbocycles. The number of rotatable bonds is 0. The molecule has 0 amide bonds. The molecular formula is C13H9. The third-order valence-corrected chi connectivity index (χ3v) is 1.92. The number of fused-ring (bicyclic) bond motifs is 1. The minimum absolute atomic E-state index is 0.959. The summed E-state index contributed by atoms with van der Waals surface area (Å²) in [6.07, 6.45) is 0. The maximum absolute atomic E-state index is 3.25. The molecule has 0 unspecified atom stereocenters. The van der Waals surface area contributed by atoms with Gasteiger partial charge in [-0.2, -0.15) is 0 Å². The zero-order valence-corrected chi connectivity index (χ0v) is 7.46. The Hall–Kier alpha value is -1.74. The molecule has 2 rings (SSSR count). The monoisotopic (exact) mass is 165 g/mol. The van der Waals surface area contributed by atoms with E-state index < -0.39 is 0 Å². The Morgan fingerprint density at radius 3 is 2.77 bits per heavy atom. The molecule has 0 spiro atoms. The summed E-state index contributed by atoms with van der Waals surface area (Å²) in [6.45, 7) is 1.84. The molecule has 61 valence electrons. The summed E-state index contributed by atoms with van der Waals surface area (Å²) in [7, 11) is 0. The maximum atomic E-state index is 3.25. The van der Waals surface area contributed by atoms with Crippen molar-refractivity contribution >= 4 is 10.8 Å². The van der Waals surface area contributed by atoms with Crippen LogP contribution >= 0.6 is 0 Å². The molecule has 0 N–H and O–H groups in total. The van der Waals surface area contributed by atoms with Gasteiger partial charge in [0.2, 0.25) is 0 Å². The molecule has 0 aliphatic heterocycles. The molecule has 2 aromatic rings. The van der Waals surface area contributed by atoms with Gasteiger partial charge in [0.15, 0.2) is 0 Å². The summed E-state index contributed by atoms with van der Waals surface area (Å²) in [5.41, 5.74) is 0.959. The minimum atomic E-state index is 0.959. The summed E-state index contributed by atoms with van der Waals surface area (Å²) < 4.78 is 0. The first-order chi connectivity index (χ1) is 6.40. The lowest BCUT2D eigenvalue weighted by molar-refractivity contribution is 1.67. The van der Waals surface area contributed by atoms with Crippen molar-refractivity contribution in [1.82, 2.24) is 0 Å². The van der Waals surface area contributed by atoms with E-state index in [9.17, 15) is 0 Å². The van der Waals surface area contributed by atoms with Crippen molar-refractivity contribution in [2.45, 2.75) is 6.92 Å². The standard InChI is InChI=1S/C13H9/c1-2-5-11-8-9-12-6-3-4-7-13(12)10-11/h3-4,6-9H,1H3. The van der Waals surface area contributed by atoms with Gasteiger partial charge in [0.1, 0.15) is 0 Å². The molecule has 0 fully saturated rings. The highest BCUT2D eigenvalue weighted by Crippen LogP contribution is 2.13. The second-order valence-corrected chi connectivity index (χ2v) is 2.83. The molecule has 0 heteroatoms. The van der Waals surface area contributed by atoms with Gasteiger partial charge in [0.25, 0.3) is 0 Å². The van der Waals surface area contributed by atoms with Gasteiger partial charge in [0.05, 0.1) is 0 Å². The minimum Gasteiger partial charge on any atom is -0.101 e. The van der Waals surface area contributed by atoms with Crippen molar-refractivity contribution in [2.75, 3.05) is 0 Å². The third-order valence-electron chi connectivity index (χ3n) is 1.92. The van der Waals surface area contributed by atoms with E-state index in [4.69, 9.17) is 0 Å². The molecule has 0 heterocycles. The normalized spacial score (nSPS) is 9.31. The molecule has 1 radical (unpaired) electrons. The fraction of sp³-hybridized carbons (Fsp3) is 0.0769. The third kappa shape index (κ3) is 1.55. The Balaban J connectivity index is 2.66. The van der Waals surface area contributed by atoms with Crippen molar-refractivity contribution in [2.24, 2.45) is 0 Å². The molecule has 13 heavy (non-hydrogen) atoms. The predicted octanol–water partition coefficient (Wildman–Crippen LogP) is 3.01. The van der Waals surface area contributed by atoms with E-state index >= 15 is 0 Å².